The number of hydrogen-bond acceptors (Lipinski definition) is 1. The van der Waals surface area contributed by atoms with Crippen LogP contribution in [0.1, 0.15) is 55.2 Å². The molecule has 2 atom stereocenters. The minimum absolute atomic E-state index is 0.573. The third-order valence-electron chi connectivity index (χ3n) is 4.09. The first-order valence-corrected chi connectivity index (χ1v) is 6.41. The van der Waals surface area contributed by atoms with Gasteiger partial charge in [-0.15, -0.1) is 0 Å². The molecular weight excluding hydrogens is 194 g/mol. The Morgan fingerprint density at radius 3 is 2.81 bits per heavy atom. The summed E-state index contributed by atoms with van der Waals surface area (Å²) in [6.07, 6.45) is 5.36. The summed E-state index contributed by atoms with van der Waals surface area (Å²) < 4.78 is 0. The molecule has 16 heavy (non-hydrogen) atoms. The largest absolute Gasteiger partial charge is 0.285 e. The summed E-state index contributed by atoms with van der Waals surface area (Å²) in [7, 11) is 0. The van der Waals surface area contributed by atoms with Gasteiger partial charge in [-0.25, -0.2) is 0 Å². The molecule has 0 aromatic heterocycles. The highest BCUT2D eigenvalue weighted by atomic mass is 14.8. The zero-order chi connectivity index (χ0) is 11.1. The smallest absolute Gasteiger partial charge is 0.0571 e. The van der Waals surface area contributed by atoms with Crippen LogP contribution in [0.15, 0.2) is 23.2 Å². The summed E-state index contributed by atoms with van der Waals surface area (Å²) in [5.41, 5.74) is 5.57. The highest BCUT2D eigenvalue weighted by Crippen LogP contribution is 2.40. The van der Waals surface area contributed by atoms with Crippen molar-refractivity contribution in [1.82, 2.24) is 0 Å². The van der Waals surface area contributed by atoms with Crippen molar-refractivity contribution in [2.24, 2.45) is 4.99 Å². The number of fused-ring (bicyclic) bond motifs is 3. The lowest BCUT2D eigenvalue weighted by molar-refractivity contribution is 0.383. The van der Waals surface area contributed by atoms with Crippen LogP contribution >= 0.6 is 0 Å². The first-order valence-electron chi connectivity index (χ1n) is 6.41. The molecule has 0 saturated heterocycles. The second kappa shape index (κ2) is 3.73. The van der Waals surface area contributed by atoms with Crippen LogP contribution in [0.4, 0.5) is 0 Å². The lowest BCUT2D eigenvalue weighted by Crippen LogP contribution is -2.28. The number of aliphatic imine (C=N–C) groups is 1. The molecule has 1 nitrogen and oxygen atoms in total. The predicted molar refractivity (Wildman–Crippen MR) is 68.4 cm³/mol. The molecule has 0 amide bonds. The van der Waals surface area contributed by atoms with Gasteiger partial charge < -0.3 is 0 Å². The van der Waals surface area contributed by atoms with E-state index in [1.807, 2.05) is 0 Å². The monoisotopic (exact) mass is 213 g/mol. The van der Waals surface area contributed by atoms with Crippen molar-refractivity contribution in [3.8, 4) is 0 Å². The van der Waals surface area contributed by atoms with Gasteiger partial charge >= 0.3 is 0 Å². The van der Waals surface area contributed by atoms with Crippen LogP contribution in [-0.4, -0.2) is 11.8 Å². The average Bonchev–Trinajstić information content (AvgIpc) is 2.29. The van der Waals surface area contributed by atoms with E-state index in [1.165, 1.54) is 42.5 Å². The van der Waals surface area contributed by atoms with E-state index in [1.54, 1.807) is 5.56 Å². The Morgan fingerprint density at radius 1 is 1.12 bits per heavy atom. The number of rotatable bonds is 0. The van der Waals surface area contributed by atoms with E-state index in [4.69, 9.17) is 4.99 Å². The minimum Gasteiger partial charge on any atom is -0.285 e. The third kappa shape index (κ3) is 1.50. The topological polar surface area (TPSA) is 12.4 Å². The Balaban J connectivity index is 2.11. The summed E-state index contributed by atoms with van der Waals surface area (Å²) >= 11 is 0. The summed E-state index contributed by atoms with van der Waals surface area (Å²) in [5.74, 6) is 0.702. The molecule has 1 aromatic carbocycles. The Labute approximate surface area is 97.6 Å². The van der Waals surface area contributed by atoms with Crippen molar-refractivity contribution in [2.45, 2.75) is 51.5 Å². The highest BCUT2D eigenvalue weighted by molar-refractivity contribution is 6.01. The van der Waals surface area contributed by atoms with Gasteiger partial charge in [0.2, 0.25) is 0 Å². The maximum Gasteiger partial charge on any atom is 0.0571 e. The summed E-state index contributed by atoms with van der Waals surface area (Å²) in [4.78, 5) is 4.90. The van der Waals surface area contributed by atoms with Crippen molar-refractivity contribution in [2.75, 3.05) is 0 Å². The van der Waals surface area contributed by atoms with Crippen molar-refractivity contribution >= 4 is 5.71 Å². The van der Waals surface area contributed by atoms with Crippen molar-refractivity contribution in [3.63, 3.8) is 0 Å². The standard InChI is InChI=1S/C15H19N/c1-10-7-8-12-13-5-3-4-6-15(13)16-11(2)14(12)9-10/h7-9,13,15H,3-6H2,1-2H3. The first kappa shape index (κ1) is 10.1. The Bertz CT molecular complexity index is 445. The molecule has 1 heterocycles. The normalized spacial score (nSPS) is 28.0. The summed E-state index contributed by atoms with van der Waals surface area (Å²) in [6, 6.07) is 7.47. The van der Waals surface area contributed by atoms with Crippen LogP contribution < -0.4 is 0 Å². The molecule has 0 bridgehead atoms. The van der Waals surface area contributed by atoms with E-state index < -0.39 is 0 Å². The van der Waals surface area contributed by atoms with Gasteiger partial charge in [-0.1, -0.05) is 30.5 Å². The second-order valence-electron chi connectivity index (χ2n) is 5.26. The van der Waals surface area contributed by atoms with Gasteiger partial charge in [0.25, 0.3) is 0 Å². The fourth-order valence-electron chi connectivity index (χ4n) is 3.25. The fourth-order valence-corrected chi connectivity index (χ4v) is 3.25. The van der Waals surface area contributed by atoms with Gasteiger partial charge in [-0.3, -0.25) is 4.99 Å². The van der Waals surface area contributed by atoms with E-state index in [-0.39, 0.29) is 0 Å². The molecule has 1 fully saturated rings. The molecule has 1 aliphatic heterocycles. The number of aryl methyl sites for hydroxylation is 1. The van der Waals surface area contributed by atoms with Crippen molar-refractivity contribution in [1.29, 1.82) is 0 Å². The lowest BCUT2D eigenvalue weighted by Gasteiger charge is -2.34. The zero-order valence-corrected chi connectivity index (χ0v) is 10.2. The van der Waals surface area contributed by atoms with Crippen LogP contribution in [0, 0.1) is 6.92 Å². The maximum absolute atomic E-state index is 4.90. The minimum atomic E-state index is 0.573. The van der Waals surface area contributed by atoms with Gasteiger partial charge in [-0.2, -0.15) is 0 Å². The van der Waals surface area contributed by atoms with Gasteiger partial charge in [0.1, 0.15) is 0 Å². The maximum atomic E-state index is 4.90. The first-order chi connectivity index (χ1) is 7.75. The molecule has 0 spiro atoms. The molecule has 2 aliphatic rings. The van der Waals surface area contributed by atoms with E-state index in [0.29, 0.717) is 12.0 Å². The number of hydrogen-bond donors (Lipinski definition) is 0. The lowest BCUT2D eigenvalue weighted by atomic mass is 9.76. The molecule has 0 N–H and O–H groups in total. The Hall–Kier alpha value is -1.11. The predicted octanol–water partition coefficient (Wildman–Crippen LogP) is 3.84. The van der Waals surface area contributed by atoms with Crippen LogP contribution in [0.2, 0.25) is 0 Å². The Morgan fingerprint density at radius 2 is 1.94 bits per heavy atom. The van der Waals surface area contributed by atoms with Gasteiger partial charge in [0.15, 0.2) is 0 Å². The van der Waals surface area contributed by atoms with Gasteiger partial charge in [0, 0.05) is 11.6 Å². The number of nitrogens with zero attached hydrogens (tertiary/aromatic N) is 1. The van der Waals surface area contributed by atoms with Crippen LogP contribution in [0.5, 0.6) is 0 Å². The molecule has 0 radical (unpaired) electrons. The van der Waals surface area contributed by atoms with E-state index in [0.717, 1.165) is 0 Å². The molecule has 1 heteroatoms. The van der Waals surface area contributed by atoms with Gasteiger partial charge in [0.05, 0.1) is 6.04 Å². The quantitative estimate of drug-likeness (QED) is 0.621. The number of benzene rings is 1. The fraction of sp³-hybridized carbons (Fsp3) is 0.533. The van der Waals surface area contributed by atoms with E-state index in [9.17, 15) is 0 Å². The molecule has 3 rings (SSSR count). The average molecular weight is 213 g/mol. The zero-order valence-electron chi connectivity index (χ0n) is 10.2. The van der Waals surface area contributed by atoms with Crippen LogP contribution in [0.25, 0.3) is 0 Å². The molecule has 84 valence electrons. The highest BCUT2D eigenvalue weighted by Gasteiger charge is 2.31. The molecule has 1 saturated carbocycles. The SMILES string of the molecule is CC1=NC2CCCCC2c2ccc(C)cc21. The third-order valence-corrected chi connectivity index (χ3v) is 4.09. The van der Waals surface area contributed by atoms with Crippen LogP contribution in [-0.2, 0) is 0 Å². The molecular formula is C15H19N. The molecule has 2 unspecified atom stereocenters. The molecule has 1 aromatic rings. The second-order valence-corrected chi connectivity index (χ2v) is 5.26. The molecule has 1 aliphatic carbocycles. The van der Waals surface area contributed by atoms with E-state index in [2.05, 4.69) is 32.0 Å². The van der Waals surface area contributed by atoms with Crippen molar-refractivity contribution in [3.05, 3.63) is 34.9 Å². The van der Waals surface area contributed by atoms with Crippen LogP contribution in [0.3, 0.4) is 0 Å². The summed E-state index contributed by atoms with van der Waals surface area (Å²) in [5, 5.41) is 0. The van der Waals surface area contributed by atoms with Crippen molar-refractivity contribution < 1.29 is 0 Å². The summed E-state index contributed by atoms with van der Waals surface area (Å²) in [6.45, 7) is 4.34. The van der Waals surface area contributed by atoms with Gasteiger partial charge in [-0.05, 0) is 43.9 Å². The van der Waals surface area contributed by atoms with E-state index >= 15 is 0 Å². The Kier molecular flexibility index (Phi) is 2.34.